The van der Waals surface area contributed by atoms with Crippen LogP contribution in [0.1, 0.15) is 164 Å². The summed E-state index contributed by atoms with van der Waals surface area (Å²) in [5.41, 5.74) is 15.3. The van der Waals surface area contributed by atoms with Gasteiger partial charge in [-0.1, -0.05) is 203 Å². The molecule has 3 aliphatic carbocycles. The van der Waals surface area contributed by atoms with Gasteiger partial charge in [-0.25, -0.2) is 0 Å². The van der Waals surface area contributed by atoms with E-state index in [4.69, 9.17) is 0 Å². The molecule has 0 N–H and O–H groups in total. The summed E-state index contributed by atoms with van der Waals surface area (Å²) in [6.45, 7) is 0. The van der Waals surface area contributed by atoms with Crippen LogP contribution in [0, 0.1) is 0 Å². The molecular weight excluding hydrogens is 735 g/mol. The Morgan fingerprint density at radius 2 is 0.443 bits per heavy atom. The van der Waals surface area contributed by atoms with Gasteiger partial charge in [-0.3, -0.25) is 0 Å². The van der Waals surface area contributed by atoms with Gasteiger partial charge in [0.25, 0.3) is 0 Å². The Morgan fingerprint density at radius 3 is 0.656 bits per heavy atom. The van der Waals surface area contributed by atoms with Crippen molar-refractivity contribution in [3.8, 4) is 0 Å². The van der Waals surface area contributed by atoms with E-state index in [0.717, 1.165) is 34.8 Å². The minimum atomic E-state index is 0.740. The van der Waals surface area contributed by atoms with Crippen LogP contribution in [0.2, 0.25) is 0 Å². The van der Waals surface area contributed by atoms with E-state index in [0.29, 0.717) is 0 Å². The molecule has 308 valence electrons. The Hall–Kier alpha value is -5.66. The maximum Gasteiger partial charge on any atom is 0.0462 e. The van der Waals surface area contributed by atoms with Gasteiger partial charge < -0.3 is 4.90 Å². The first-order chi connectivity index (χ1) is 30.2. The lowest BCUT2D eigenvalue weighted by Gasteiger charge is -2.26. The lowest BCUT2D eigenvalue weighted by Crippen LogP contribution is -2.09. The predicted molar refractivity (Wildman–Crippen MR) is 265 cm³/mol. The van der Waals surface area contributed by atoms with E-state index >= 15 is 0 Å². The number of benzene rings is 6. The molecule has 6 aromatic carbocycles. The topological polar surface area (TPSA) is 3.24 Å². The molecule has 1 nitrogen and oxygen atoms in total. The highest BCUT2D eigenvalue weighted by Gasteiger charge is 2.18. The maximum absolute atomic E-state index is 2.37. The van der Waals surface area contributed by atoms with Gasteiger partial charge in [0.15, 0.2) is 0 Å². The minimum Gasteiger partial charge on any atom is -0.311 e. The Bertz CT molecular complexity index is 2070. The summed E-state index contributed by atoms with van der Waals surface area (Å²) < 4.78 is 0. The summed E-state index contributed by atoms with van der Waals surface area (Å²) in [5.74, 6) is 2.22. The summed E-state index contributed by atoms with van der Waals surface area (Å²) >= 11 is 0. The lowest BCUT2D eigenvalue weighted by atomic mass is 9.84. The van der Waals surface area contributed by atoms with E-state index in [1.54, 1.807) is 0 Å². The van der Waals surface area contributed by atoms with Crippen molar-refractivity contribution in [2.24, 2.45) is 0 Å². The van der Waals surface area contributed by atoms with Crippen molar-refractivity contribution < 1.29 is 0 Å². The third-order valence-electron chi connectivity index (χ3n) is 13.9. The smallest absolute Gasteiger partial charge is 0.0462 e. The van der Waals surface area contributed by atoms with Crippen molar-refractivity contribution in [2.75, 3.05) is 4.90 Å². The number of anilines is 3. The summed E-state index contributed by atoms with van der Waals surface area (Å²) in [5, 5.41) is 0. The lowest BCUT2D eigenvalue weighted by molar-refractivity contribution is 0.443. The fraction of sp³-hybridized carbons (Fsp3) is 0.300. The molecule has 0 aromatic heterocycles. The molecule has 6 aromatic rings. The van der Waals surface area contributed by atoms with E-state index < -0.39 is 0 Å². The molecule has 1 heteroatoms. The molecule has 0 amide bonds. The third kappa shape index (κ3) is 10.8. The van der Waals surface area contributed by atoms with E-state index in [1.165, 1.54) is 146 Å². The summed E-state index contributed by atoms with van der Waals surface area (Å²) in [4.78, 5) is 2.37. The van der Waals surface area contributed by atoms with Gasteiger partial charge in [0, 0.05) is 17.1 Å². The Kier molecular flexibility index (Phi) is 13.5. The molecule has 3 saturated carbocycles. The molecule has 3 fully saturated rings. The van der Waals surface area contributed by atoms with Gasteiger partial charge in [0.1, 0.15) is 0 Å². The van der Waals surface area contributed by atoms with Crippen LogP contribution in [-0.4, -0.2) is 0 Å². The fourth-order valence-electron chi connectivity index (χ4n) is 10.2. The van der Waals surface area contributed by atoms with Crippen LogP contribution < -0.4 is 4.90 Å². The van der Waals surface area contributed by atoms with Crippen LogP contribution in [0.4, 0.5) is 17.1 Å². The minimum absolute atomic E-state index is 0.740. The number of rotatable bonds is 12. The molecular formula is C60H63N. The van der Waals surface area contributed by atoms with Gasteiger partial charge >= 0.3 is 0 Å². The zero-order valence-electron chi connectivity index (χ0n) is 36.1. The molecule has 0 atom stereocenters. The Labute approximate surface area is 366 Å². The molecule has 3 aliphatic rings. The van der Waals surface area contributed by atoms with Crippen LogP contribution in [0.25, 0.3) is 36.5 Å². The monoisotopic (exact) mass is 797 g/mol. The summed E-state index contributed by atoms with van der Waals surface area (Å²) in [7, 11) is 0. The van der Waals surface area contributed by atoms with Gasteiger partial charge in [-0.05, 0) is 143 Å². The first kappa shape index (κ1) is 40.7. The Balaban J connectivity index is 0.915. The van der Waals surface area contributed by atoms with Crippen LogP contribution in [-0.2, 0) is 0 Å². The van der Waals surface area contributed by atoms with E-state index in [-0.39, 0.29) is 0 Å². The number of nitrogens with zero attached hydrogens (tertiary/aromatic N) is 1. The second-order valence-corrected chi connectivity index (χ2v) is 18.1. The van der Waals surface area contributed by atoms with Gasteiger partial charge in [0.2, 0.25) is 0 Å². The molecule has 0 aliphatic heterocycles. The first-order valence-electron chi connectivity index (χ1n) is 23.6. The second-order valence-electron chi connectivity index (χ2n) is 18.1. The third-order valence-corrected chi connectivity index (χ3v) is 13.9. The number of hydrogen-bond donors (Lipinski definition) is 0. The van der Waals surface area contributed by atoms with Crippen molar-refractivity contribution in [1.82, 2.24) is 0 Å². The highest BCUT2D eigenvalue weighted by Crippen LogP contribution is 2.37. The molecule has 0 heterocycles. The fourth-order valence-corrected chi connectivity index (χ4v) is 10.2. The molecule has 9 rings (SSSR count). The maximum atomic E-state index is 2.37. The van der Waals surface area contributed by atoms with Crippen molar-refractivity contribution in [3.05, 3.63) is 196 Å². The van der Waals surface area contributed by atoms with Crippen molar-refractivity contribution in [1.29, 1.82) is 0 Å². The van der Waals surface area contributed by atoms with Crippen LogP contribution >= 0.6 is 0 Å². The molecule has 0 unspecified atom stereocenters. The van der Waals surface area contributed by atoms with Crippen LogP contribution in [0.15, 0.2) is 146 Å². The van der Waals surface area contributed by atoms with E-state index in [2.05, 4.69) is 187 Å². The molecule has 61 heavy (non-hydrogen) atoms. The standard InChI is InChI=1S/C60H63N/c1-4-10-52(11-5-1)55-34-22-46(23-35-55)16-19-49-28-40-58(41-29-49)61(59-42-30-50(31-43-59)20-17-47-24-36-56(37-25-47)53-12-6-2-7-13-53)60-44-32-51(33-45-60)21-18-48-26-38-57(39-27-48)54-14-8-3-9-15-54/h16-45,52-54H,1-15H2. The quantitative estimate of drug-likeness (QED) is 0.112. The molecule has 0 bridgehead atoms. The van der Waals surface area contributed by atoms with Crippen molar-refractivity contribution in [2.45, 2.75) is 114 Å². The average Bonchev–Trinajstić information content (AvgIpc) is 3.34. The molecule has 0 spiro atoms. The summed E-state index contributed by atoms with van der Waals surface area (Å²) in [6, 6.07) is 54.8. The van der Waals surface area contributed by atoms with Crippen molar-refractivity contribution in [3.63, 3.8) is 0 Å². The molecule has 0 saturated heterocycles. The zero-order valence-corrected chi connectivity index (χ0v) is 36.1. The zero-order chi connectivity index (χ0) is 41.1. The number of hydrogen-bond acceptors (Lipinski definition) is 1. The normalized spacial score (nSPS) is 17.1. The average molecular weight is 798 g/mol. The van der Waals surface area contributed by atoms with Crippen molar-refractivity contribution >= 4 is 53.5 Å². The van der Waals surface area contributed by atoms with Crippen LogP contribution in [0.3, 0.4) is 0 Å². The van der Waals surface area contributed by atoms with Gasteiger partial charge in [-0.15, -0.1) is 0 Å². The molecule has 0 radical (unpaired) electrons. The summed E-state index contributed by atoms with van der Waals surface area (Å²) in [6.07, 6.45) is 33.9. The SMILES string of the molecule is C(=Cc1ccc(N(c2ccc(C=Cc3ccc(C4CCCCC4)cc3)cc2)c2ccc(C=Cc3ccc(C4CCCCC4)cc3)cc2)cc1)c1ccc(C2CCCCC2)cc1. The highest BCUT2D eigenvalue weighted by molar-refractivity contribution is 5.80. The highest BCUT2D eigenvalue weighted by atomic mass is 15.1. The Morgan fingerprint density at radius 1 is 0.246 bits per heavy atom. The van der Waals surface area contributed by atoms with Gasteiger partial charge in [0.05, 0.1) is 0 Å². The van der Waals surface area contributed by atoms with Crippen LogP contribution in [0.5, 0.6) is 0 Å². The largest absolute Gasteiger partial charge is 0.311 e. The second kappa shape index (κ2) is 20.3. The first-order valence-corrected chi connectivity index (χ1v) is 23.6. The van der Waals surface area contributed by atoms with E-state index in [1.807, 2.05) is 0 Å². The van der Waals surface area contributed by atoms with E-state index in [9.17, 15) is 0 Å². The predicted octanol–water partition coefficient (Wildman–Crippen LogP) is 17.8. The van der Waals surface area contributed by atoms with Gasteiger partial charge in [-0.2, -0.15) is 0 Å².